The Hall–Kier alpha value is -1.95. The van der Waals surface area contributed by atoms with E-state index in [1.807, 2.05) is 0 Å². The van der Waals surface area contributed by atoms with Crippen molar-refractivity contribution in [2.75, 3.05) is 25.0 Å². The molecule has 124 valence electrons. The minimum Gasteiger partial charge on any atom is -0.368 e. The molecule has 2 aliphatic heterocycles. The van der Waals surface area contributed by atoms with E-state index in [2.05, 4.69) is 5.32 Å². The Labute approximate surface area is 134 Å². The summed E-state index contributed by atoms with van der Waals surface area (Å²) in [5.74, 6) is -0.460. The third-order valence-corrected chi connectivity index (χ3v) is 4.49. The van der Waals surface area contributed by atoms with Crippen LogP contribution in [0, 0.1) is 11.7 Å². The number of anilines is 1. The number of piperidine rings is 1. The van der Waals surface area contributed by atoms with Gasteiger partial charge in [-0.15, -0.1) is 0 Å². The maximum Gasteiger partial charge on any atom is 0.251 e. The topological polar surface area (TPSA) is 58.6 Å². The summed E-state index contributed by atoms with van der Waals surface area (Å²) in [4.78, 5) is 26.3. The van der Waals surface area contributed by atoms with Crippen LogP contribution in [0.2, 0.25) is 0 Å². The fourth-order valence-corrected chi connectivity index (χ4v) is 3.12. The van der Waals surface area contributed by atoms with Gasteiger partial charge in [0.25, 0.3) is 5.91 Å². The van der Waals surface area contributed by atoms with E-state index in [0.717, 1.165) is 12.8 Å². The van der Waals surface area contributed by atoms with Crippen LogP contribution in [0.3, 0.4) is 0 Å². The van der Waals surface area contributed by atoms with E-state index in [-0.39, 0.29) is 29.7 Å². The Bertz CT molecular complexity index is 562. The quantitative estimate of drug-likeness (QED) is 0.929. The van der Waals surface area contributed by atoms with Crippen molar-refractivity contribution in [1.82, 2.24) is 4.90 Å². The molecule has 1 aromatic rings. The molecule has 3 rings (SSSR count). The average Bonchev–Trinajstić information content (AvgIpc) is 3.11. The van der Waals surface area contributed by atoms with Gasteiger partial charge < -0.3 is 15.0 Å². The number of carbonyl (C=O) groups excluding carboxylic acids is 2. The number of amides is 2. The summed E-state index contributed by atoms with van der Waals surface area (Å²) in [6.07, 6.45) is 2.73. The molecule has 0 bridgehead atoms. The number of nitrogens with one attached hydrogen (secondary N) is 1. The lowest BCUT2D eigenvalue weighted by atomic mass is 9.95. The van der Waals surface area contributed by atoms with Gasteiger partial charge in [0.05, 0.1) is 0 Å². The van der Waals surface area contributed by atoms with Gasteiger partial charge >= 0.3 is 0 Å². The molecule has 1 N–H and O–H groups in total. The van der Waals surface area contributed by atoms with Gasteiger partial charge in [-0.2, -0.15) is 0 Å². The number of hydrogen-bond acceptors (Lipinski definition) is 3. The first-order valence-corrected chi connectivity index (χ1v) is 8.10. The smallest absolute Gasteiger partial charge is 0.251 e. The molecule has 1 aromatic carbocycles. The third kappa shape index (κ3) is 3.88. The van der Waals surface area contributed by atoms with Crippen molar-refractivity contribution in [3.8, 4) is 0 Å². The molecule has 6 heteroatoms. The molecule has 0 aliphatic carbocycles. The SMILES string of the molecule is O=C(Nc1ccc(F)cc1)C1CCN(C(=O)C2CCCO2)CC1. The van der Waals surface area contributed by atoms with Crippen LogP contribution in [-0.4, -0.2) is 42.5 Å². The average molecular weight is 320 g/mol. The van der Waals surface area contributed by atoms with Gasteiger partial charge in [-0.1, -0.05) is 0 Å². The number of carbonyl (C=O) groups is 2. The number of ether oxygens (including phenoxy) is 1. The van der Waals surface area contributed by atoms with Crippen LogP contribution in [0.5, 0.6) is 0 Å². The van der Waals surface area contributed by atoms with Crippen LogP contribution in [0.1, 0.15) is 25.7 Å². The lowest BCUT2D eigenvalue weighted by Crippen LogP contribution is -2.45. The fraction of sp³-hybridized carbons (Fsp3) is 0.529. The molecule has 0 radical (unpaired) electrons. The molecule has 1 unspecified atom stereocenters. The minimum atomic E-state index is -0.330. The Kier molecular flexibility index (Phi) is 4.91. The summed E-state index contributed by atoms with van der Waals surface area (Å²) in [5.41, 5.74) is 0.592. The maximum absolute atomic E-state index is 12.9. The van der Waals surface area contributed by atoms with Crippen LogP contribution < -0.4 is 5.32 Å². The highest BCUT2D eigenvalue weighted by Crippen LogP contribution is 2.22. The Morgan fingerprint density at radius 2 is 1.83 bits per heavy atom. The lowest BCUT2D eigenvalue weighted by Gasteiger charge is -2.32. The molecule has 0 spiro atoms. The molecule has 2 heterocycles. The van der Waals surface area contributed by atoms with Crippen LogP contribution in [0.4, 0.5) is 10.1 Å². The van der Waals surface area contributed by atoms with Crippen molar-refractivity contribution < 1.29 is 18.7 Å². The number of rotatable bonds is 3. The third-order valence-electron chi connectivity index (χ3n) is 4.49. The molecule has 0 aromatic heterocycles. The number of hydrogen-bond donors (Lipinski definition) is 1. The molecule has 2 aliphatic rings. The van der Waals surface area contributed by atoms with E-state index in [9.17, 15) is 14.0 Å². The largest absolute Gasteiger partial charge is 0.368 e. The van der Waals surface area contributed by atoms with Crippen LogP contribution >= 0.6 is 0 Å². The van der Waals surface area contributed by atoms with Gasteiger partial charge in [-0.3, -0.25) is 9.59 Å². The molecule has 2 saturated heterocycles. The first kappa shape index (κ1) is 15.9. The van der Waals surface area contributed by atoms with Crippen molar-refractivity contribution in [2.45, 2.75) is 31.8 Å². The van der Waals surface area contributed by atoms with Crippen LogP contribution in [0.25, 0.3) is 0 Å². The molecule has 0 saturated carbocycles. The predicted molar refractivity (Wildman–Crippen MR) is 83.3 cm³/mol. The Morgan fingerprint density at radius 1 is 1.13 bits per heavy atom. The lowest BCUT2D eigenvalue weighted by molar-refractivity contribution is -0.143. The maximum atomic E-state index is 12.9. The Balaban J connectivity index is 1.49. The van der Waals surface area contributed by atoms with E-state index < -0.39 is 0 Å². The Morgan fingerprint density at radius 3 is 2.43 bits per heavy atom. The molecule has 1 atom stereocenters. The van der Waals surface area contributed by atoms with Crippen molar-refractivity contribution in [1.29, 1.82) is 0 Å². The standard InChI is InChI=1S/C17H21FN2O3/c18-13-3-5-14(6-4-13)19-16(21)12-7-9-20(10-8-12)17(22)15-2-1-11-23-15/h3-6,12,15H,1-2,7-11H2,(H,19,21). The fourth-order valence-electron chi connectivity index (χ4n) is 3.12. The van der Waals surface area contributed by atoms with Gasteiger partial charge in [0.1, 0.15) is 11.9 Å². The zero-order chi connectivity index (χ0) is 16.2. The first-order valence-electron chi connectivity index (χ1n) is 8.10. The first-order chi connectivity index (χ1) is 11.1. The summed E-state index contributed by atoms with van der Waals surface area (Å²) in [6.45, 7) is 1.83. The van der Waals surface area contributed by atoms with Crippen LogP contribution in [-0.2, 0) is 14.3 Å². The molecule has 5 nitrogen and oxygen atoms in total. The van der Waals surface area contributed by atoms with Gasteiger partial charge in [0.2, 0.25) is 5.91 Å². The number of halogens is 1. The minimum absolute atomic E-state index is 0.0555. The number of likely N-dealkylation sites (tertiary alicyclic amines) is 1. The van der Waals surface area contributed by atoms with E-state index in [1.165, 1.54) is 12.1 Å². The van der Waals surface area contributed by atoms with Crippen molar-refractivity contribution in [3.63, 3.8) is 0 Å². The molecule has 2 fully saturated rings. The van der Waals surface area contributed by atoms with E-state index >= 15 is 0 Å². The molecular formula is C17H21FN2O3. The normalized spacial score (nSPS) is 22.1. The molecular weight excluding hydrogens is 299 g/mol. The zero-order valence-corrected chi connectivity index (χ0v) is 13.0. The summed E-state index contributed by atoms with van der Waals surface area (Å²) < 4.78 is 18.3. The summed E-state index contributed by atoms with van der Waals surface area (Å²) in [6, 6.07) is 5.73. The highest BCUT2D eigenvalue weighted by Gasteiger charge is 2.32. The van der Waals surface area contributed by atoms with Crippen molar-refractivity contribution in [2.24, 2.45) is 5.92 Å². The molecule has 2 amide bonds. The highest BCUT2D eigenvalue weighted by molar-refractivity contribution is 5.92. The summed E-state index contributed by atoms with van der Waals surface area (Å²) in [5, 5.41) is 2.80. The second-order valence-corrected chi connectivity index (χ2v) is 6.10. The van der Waals surface area contributed by atoms with Gasteiger partial charge in [-0.25, -0.2) is 4.39 Å². The number of benzene rings is 1. The van der Waals surface area contributed by atoms with Gasteiger partial charge in [-0.05, 0) is 49.9 Å². The van der Waals surface area contributed by atoms with E-state index in [1.54, 1.807) is 17.0 Å². The van der Waals surface area contributed by atoms with E-state index in [0.29, 0.717) is 38.2 Å². The zero-order valence-electron chi connectivity index (χ0n) is 13.0. The van der Waals surface area contributed by atoms with Crippen molar-refractivity contribution >= 4 is 17.5 Å². The predicted octanol–water partition coefficient (Wildman–Crippen LogP) is 2.18. The summed E-state index contributed by atoms with van der Waals surface area (Å²) in [7, 11) is 0. The van der Waals surface area contributed by atoms with E-state index in [4.69, 9.17) is 4.74 Å². The van der Waals surface area contributed by atoms with Gasteiger partial charge in [0, 0.05) is 31.3 Å². The number of nitrogens with zero attached hydrogens (tertiary/aromatic N) is 1. The monoisotopic (exact) mass is 320 g/mol. The van der Waals surface area contributed by atoms with Crippen LogP contribution in [0.15, 0.2) is 24.3 Å². The summed E-state index contributed by atoms with van der Waals surface area (Å²) >= 11 is 0. The molecule has 23 heavy (non-hydrogen) atoms. The van der Waals surface area contributed by atoms with Gasteiger partial charge in [0.15, 0.2) is 0 Å². The highest BCUT2D eigenvalue weighted by atomic mass is 19.1. The second-order valence-electron chi connectivity index (χ2n) is 6.10. The van der Waals surface area contributed by atoms with Crippen molar-refractivity contribution in [3.05, 3.63) is 30.1 Å². The second kappa shape index (κ2) is 7.08.